The average Bonchev–Trinajstić information content (AvgIpc) is 3.13. The minimum Gasteiger partial charge on any atom is -0.454 e. The SMILES string of the molecule is CCNC(=NCC1(OC)CCOCC1)N(C)Cc1ccc2c(c1)OCO2.I. The summed E-state index contributed by atoms with van der Waals surface area (Å²) in [6, 6.07) is 6.04. The zero-order valence-electron chi connectivity index (χ0n) is 16.3. The monoisotopic (exact) mass is 491 g/mol. The lowest BCUT2D eigenvalue weighted by molar-refractivity contribution is -0.0829. The molecule has 0 aromatic heterocycles. The summed E-state index contributed by atoms with van der Waals surface area (Å²) in [4.78, 5) is 6.96. The molecule has 0 amide bonds. The Morgan fingerprint density at radius 3 is 2.70 bits per heavy atom. The van der Waals surface area contributed by atoms with E-state index in [0.29, 0.717) is 13.3 Å². The molecule has 8 heteroatoms. The highest BCUT2D eigenvalue weighted by atomic mass is 127. The Bertz CT molecular complexity index is 635. The zero-order chi connectivity index (χ0) is 18.4. The molecule has 1 aromatic rings. The number of ether oxygens (including phenoxy) is 4. The van der Waals surface area contributed by atoms with Crippen LogP contribution in [-0.2, 0) is 16.0 Å². The van der Waals surface area contributed by atoms with E-state index in [1.165, 1.54) is 0 Å². The molecule has 152 valence electrons. The number of nitrogens with zero attached hydrogens (tertiary/aromatic N) is 2. The second kappa shape index (κ2) is 10.3. The van der Waals surface area contributed by atoms with E-state index < -0.39 is 0 Å². The summed E-state index contributed by atoms with van der Waals surface area (Å²) < 4.78 is 22.1. The standard InChI is InChI=1S/C19H29N3O4.HI/c1-4-20-18(21-13-19(23-3)7-9-24-10-8-19)22(2)12-15-5-6-16-17(11-15)26-14-25-16;/h5-6,11H,4,7-10,12-14H2,1-3H3,(H,20,21);1H. The Morgan fingerprint density at radius 1 is 1.26 bits per heavy atom. The Labute approximate surface area is 178 Å². The van der Waals surface area contributed by atoms with Crippen LogP contribution in [0, 0.1) is 0 Å². The molecule has 1 N–H and O–H groups in total. The van der Waals surface area contributed by atoms with Crippen molar-refractivity contribution in [2.45, 2.75) is 31.9 Å². The van der Waals surface area contributed by atoms with Crippen molar-refractivity contribution in [2.75, 3.05) is 47.3 Å². The van der Waals surface area contributed by atoms with Crippen molar-refractivity contribution in [1.29, 1.82) is 0 Å². The lowest BCUT2D eigenvalue weighted by Crippen LogP contribution is -2.44. The molecule has 1 fully saturated rings. The van der Waals surface area contributed by atoms with Crippen LogP contribution in [0.15, 0.2) is 23.2 Å². The van der Waals surface area contributed by atoms with Gasteiger partial charge in [0.15, 0.2) is 17.5 Å². The lowest BCUT2D eigenvalue weighted by atomic mass is 9.94. The molecule has 7 nitrogen and oxygen atoms in total. The highest BCUT2D eigenvalue weighted by Crippen LogP contribution is 2.32. The fourth-order valence-electron chi connectivity index (χ4n) is 3.25. The second-order valence-corrected chi connectivity index (χ2v) is 6.71. The van der Waals surface area contributed by atoms with Gasteiger partial charge in [0, 0.05) is 53.3 Å². The molecule has 2 aliphatic heterocycles. The Hall–Kier alpha value is -1.26. The third-order valence-corrected chi connectivity index (χ3v) is 4.91. The fraction of sp³-hybridized carbons (Fsp3) is 0.632. The highest BCUT2D eigenvalue weighted by molar-refractivity contribution is 14.0. The van der Waals surface area contributed by atoms with Gasteiger partial charge in [-0.25, -0.2) is 0 Å². The minimum absolute atomic E-state index is 0. The number of nitrogens with one attached hydrogen (secondary N) is 1. The van der Waals surface area contributed by atoms with E-state index >= 15 is 0 Å². The van der Waals surface area contributed by atoms with E-state index in [1.807, 2.05) is 19.2 Å². The van der Waals surface area contributed by atoms with Crippen molar-refractivity contribution in [1.82, 2.24) is 10.2 Å². The lowest BCUT2D eigenvalue weighted by Gasteiger charge is -2.35. The molecular formula is C19H30IN3O4. The maximum atomic E-state index is 5.79. The fourth-order valence-corrected chi connectivity index (χ4v) is 3.25. The molecule has 2 heterocycles. The van der Waals surface area contributed by atoms with Gasteiger partial charge in [0.2, 0.25) is 6.79 Å². The topological polar surface area (TPSA) is 64.6 Å². The van der Waals surface area contributed by atoms with Crippen molar-refractivity contribution < 1.29 is 18.9 Å². The molecule has 1 saturated heterocycles. The Balaban J connectivity index is 0.00000261. The van der Waals surface area contributed by atoms with Crippen LogP contribution in [-0.4, -0.2) is 63.7 Å². The van der Waals surface area contributed by atoms with Crippen LogP contribution in [0.4, 0.5) is 0 Å². The first kappa shape index (κ1) is 22.0. The summed E-state index contributed by atoms with van der Waals surface area (Å²) in [7, 11) is 3.81. The van der Waals surface area contributed by atoms with Gasteiger partial charge >= 0.3 is 0 Å². The number of halogens is 1. The number of methoxy groups -OCH3 is 1. The third kappa shape index (κ3) is 5.61. The van der Waals surface area contributed by atoms with Crippen LogP contribution in [0.1, 0.15) is 25.3 Å². The first-order valence-electron chi connectivity index (χ1n) is 9.17. The second-order valence-electron chi connectivity index (χ2n) is 6.71. The van der Waals surface area contributed by atoms with E-state index in [2.05, 4.69) is 23.2 Å². The van der Waals surface area contributed by atoms with Gasteiger partial charge in [-0.3, -0.25) is 4.99 Å². The number of fused-ring (bicyclic) bond motifs is 1. The predicted octanol–water partition coefficient (Wildman–Crippen LogP) is 2.63. The normalized spacial score (nSPS) is 18.0. The van der Waals surface area contributed by atoms with Crippen molar-refractivity contribution >= 4 is 29.9 Å². The minimum atomic E-state index is -0.224. The van der Waals surface area contributed by atoms with Gasteiger partial charge in [-0.05, 0) is 24.6 Å². The molecular weight excluding hydrogens is 461 g/mol. The number of benzene rings is 1. The third-order valence-electron chi connectivity index (χ3n) is 4.91. The molecule has 0 spiro atoms. The van der Waals surface area contributed by atoms with Crippen molar-refractivity contribution in [3.05, 3.63) is 23.8 Å². The first-order valence-corrected chi connectivity index (χ1v) is 9.17. The molecule has 0 bridgehead atoms. The quantitative estimate of drug-likeness (QED) is 0.375. The Kier molecular flexibility index (Phi) is 8.43. The summed E-state index contributed by atoms with van der Waals surface area (Å²) in [6.07, 6.45) is 1.75. The van der Waals surface area contributed by atoms with Crippen molar-refractivity contribution in [3.8, 4) is 11.5 Å². The van der Waals surface area contributed by atoms with Gasteiger partial charge in [-0.15, -0.1) is 24.0 Å². The first-order chi connectivity index (χ1) is 12.7. The Morgan fingerprint density at radius 2 is 2.00 bits per heavy atom. The van der Waals surface area contributed by atoms with Crippen LogP contribution in [0.5, 0.6) is 11.5 Å². The van der Waals surface area contributed by atoms with E-state index in [9.17, 15) is 0 Å². The molecule has 0 unspecified atom stereocenters. The van der Waals surface area contributed by atoms with Crippen LogP contribution in [0.25, 0.3) is 0 Å². The molecule has 0 radical (unpaired) electrons. The maximum Gasteiger partial charge on any atom is 0.231 e. The average molecular weight is 491 g/mol. The molecule has 2 aliphatic rings. The van der Waals surface area contributed by atoms with E-state index in [1.54, 1.807) is 7.11 Å². The van der Waals surface area contributed by atoms with Gasteiger partial charge in [-0.2, -0.15) is 0 Å². The van der Waals surface area contributed by atoms with Gasteiger partial charge in [0.1, 0.15) is 0 Å². The number of aliphatic imine (C=N–C) groups is 1. The van der Waals surface area contributed by atoms with Gasteiger partial charge in [0.25, 0.3) is 0 Å². The van der Waals surface area contributed by atoms with Crippen LogP contribution in [0.3, 0.4) is 0 Å². The van der Waals surface area contributed by atoms with Gasteiger partial charge < -0.3 is 29.2 Å². The summed E-state index contributed by atoms with van der Waals surface area (Å²) in [5.74, 6) is 2.48. The van der Waals surface area contributed by atoms with Gasteiger partial charge in [0.05, 0.1) is 12.1 Å². The van der Waals surface area contributed by atoms with Crippen LogP contribution < -0.4 is 14.8 Å². The number of rotatable bonds is 6. The van der Waals surface area contributed by atoms with Gasteiger partial charge in [-0.1, -0.05) is 6.07 Å². The summed E-state index contributed by atoms with van der Waals surface area (Å²) in [5.41, 5.74) is 0.924. The number of hydrogen-bond acceptors (Lipinski definition) is 5. The largest absolute Gasteiger partial charge is 0.454 e. The van der Waals surface area contributed by atoms with E-state index in [4.69, 9.17) is 23.9 Å². The molecule has 3 rings (SSSR count). The molecule has 27 heavy (non-hydrogen) atoms. The van der Waals surface area contributed by atoms with Crippen molar-refractivity contribution in [2.24, 2.45) is 4.99 Å². The summed E-state index contributed by atoms with van der Waals surface area (Å²) >= 11 is 0. The smallest absolute Gasteiger partial charge is 0.231 e. The molecule has 0 aliphatic carbocycles. The summed E-state index contributed by atoms with van der Waals surface area (Å²) in [6.45, 7) is 5.99. The van der Waals surface area contributed by atoms with Crippen LogP contribution in [0.2, 0.25) is 0 Å². The zero-order valence-corrected chi connectivity index (χ0v) is 18.7. The molecule has 0 saturated carbocycles. The highest BCUT2D eigenvalue weighted by Gasteiger charge is 2.32. The number of guanidine groups is 1. The maximum absolute atomic E-state index is 5.79. The molecule has 0 atom stereocenters. The molecule has 1 aromatic carbocycles. The van der Waals surface area contributed by atoms with E-state index in [-0.39, 0.29) is 29.6 Å². The summed E-state index contributed by atoms with van der Waals surface area (Å²) in [5, 5.41) is 3.37. The van der Waals surface area contributed by atoms with E-state index in [0.717, 1.165) is 62.2 Å². The predicted molar refractivity (Wildman–Crippen MR) is 115 cm³/mol. The van der Waals surface area contributed by atoms with Crippen LogP contribution >= 0.6 is 24.0 Å². The van der Waals surface area contributed by atoms with Crippen molar-refractivity contribution in [3.63, 3.8) is 0 Å². The number of hydrogen-bond donors (Lipinski definition) is 1.